The fourth-order valence-electron chi connectivity index (χ4n) is 3.11. The Morgan fingerprint density at radius 1 is 1.08 bits per heavy atom. The third kappa shape index (κ3) is 11.3. The summed E-state index contributed by atoms with van der Waals surface area (Å²) in [5.41, 5.74) is -5.65. The lowest BCUT2D eigenvalue weighted by atomic mass is 9.93. The van der Waals surface area contributed by atoms with Crippen LogP contribution in [0.15, 0.2) is 0 Å². The SMILES string of the molecule is CCCCCCC[NH+]1CCCC(CCC)C1.O=S(=O)([O-])C(F)(F)F. The van der Waals surface area contributed by atoms with Crippen LogP contribution in [0.25, 0.3) is 0 Å². The number of nitrogens with one attached hydrogen (secondary N) is 1. The van der Waals surface area contributed by atoms with E-state index in [2.05, 4.69) is 13.8 Å². The monoisotopic (exact) mass is 375 g/mol. The van der Waals surface area contributed by atoms with Crippen molar-refractivity contribution in [2.24, 2.45) is 5.92 Å². The number of rotatable bonds is 8. The summed E-state index contributed by atoms with van der Waals surface area (Å²) in [6, 6.07) is 0. The van der Waals surface area contributed by atoms with E-state index >= 15 is 0 Å². The van der Waals surface area contributed by atoms with Gasteiger partial charge >= 0.3 is 5.51 Å². The van der Waals surface area contributed by atoms with Crippen molar-refractivity contribution in [1.29, 1.82) is 0 Å². The van der Waals surface area contributed by atoms with Crippen molar-refractivity contribution in [2.45, 2.75) is 77.1 Å². The highest BCUT2D eigenvalue weighted by atomic mass is 32.2. The van der Waals surface area contributed by atoms with Crippen LogP contribution in [0, 0.1) is 5.92 Å². The van der Waals surface area contributed by atoms with Crippen LogP contribution in [0.2, 0.25) is 0 Å². The summed E-state index contributed by atoms with van der Waals surface area (Å²) in [6.45, 7) is 9.00. The van der Waals surface area contributed by atoms with Crippen molar-refractivity contribution in [1.82, 2.24) is 0 Å². The van der Waals surface area contributed by atoms with E-state index in [-0.39, 0.29) is 0 Å². The summed E-state index contributed by atoms with van der Waals surface area (Å²) in [7, 11) is -6.09. The molecule has 1 aliphatic rings. The molecule has 1 saturated heterocycles. The molecule has 0 amide bonds. The molecule has 0 spiro atoms. The van der Waals surface area contributed by atoms with Gasteiger partial charge in [0, 0.05) is 5.92 Å². The van der Waals surface area contributed by atoms with Crippen LogP contribution in [0.5, 0.6) is 0 Å². The van der Waals surface area contributed by atoms with E-state index in [1.165, 1.54) is 77.4 Å². The van der Waals surface area contributed by atoms with Gasteiger partial charge in [-0.25, -0.2) is 8.42 Å². The molecule has 0 aromatic rings. The van der Waals surface area contributed by atoms with E-state index in [9.17, 15) is 13.2 Å². The number of hydrogen-bond acceptors (Lipinski definition) is 3. The van der Waals surface area contributed by atoms with Gasteiger partial charge in [-0.2, -0.15) is 13.2 Å². The fourth-order valence-corrected chi connectivity index (χ4v) is 3.11. The van der Waals surface area contributed by atoms with Crippen molar-refractivity contribution in [3.05, 3.63) is 0 Å². The first-order chi connectivity index (χ1) is 11.1. The maximum absolute atomic E-state index is 10.7. The molecule has 0 aromatic carbocycles. The van der Waals surface area contributed by atoms with Gasteiger partial charge in [0.2, 0.25) is 0 Å². The van der Waals surface area contributed by atoms with Crippen LogP contribution >= 0.6 is 0 Å². The van der Waals surface area contributed by atoms with E-state index in [0.717, 1.165) is 5.92 Å². The summed E-state index contributed by atoms with van der Waals surface area (Å²) < 4.78 is 58.9. The quantitative estimate of drug-likeness (QED) is 0.403. The molecule has 1 N–H and O–H groups in total. The second-order valence-electron chi connectivity index (χ2n) is 6.57. The highest BCUT2D eigenvalue weighted by Gasteiger charge is 2.36. The Morgan fingerprint density at radius 2 is 1.67 bits per heavy atom. The molecular formula is C16H32F3NO3S. The average molecular weight is 375 g/mol. The molecule has 1 aliphatic heterocycles. The van der Waals surface area contributed by atoms with E-state index in [4.69, 9.17) is 13.0 Å². The summed E-state index contributed by atoms with van der Waals surface area (Å²) >= 11 is 0. The Morgan fingerprint density at radius 3 is 2.17 bits per heavy atom. The van der Waals surface area contributed by atoms with Crippen LogP contribution in [0.1, 0.15) is 71.6 Å². The summed E-state index contributed by atoms with van der Waals surface area (Å²) in [6.07, 6.45) is 13.0. The third-order valence-corrected chi connectivity index (χ3v) is 4.90. The molecule has 0 radical (unpaired) electrons. The lowest BCUT2D eigenvalue weighted by Crippen LogP contribution is -3.13. The molecule has 1 heterocycles. The standard InChI is InChI=1S/C15H31N.CHF3O3S/c1-3-5-6-7-8-12-16-13-9-11-15(14-16)10-4-2;2-1(3,4)8(5,6)7/h15H,3-14H2,1-2H3;(H,5,6,7). The average Bonchev–Trinajstić information content (AvgIpc) is 2.46. The number of quaternary nitrogens is 1. The number of likely N-dealkylation sites (tertiary alicyclic amines) is 1. The highest BCUT2D eigenvalue weighted by Crippen LogP contribution is 2.20. The first-order valence-electron chi connectivity index (χ1n) is 8.97. The minimum atomic E-state index is -6.09. The van der Waals surface area contributed by atoms with E-state index < -0.39 is 15.6 Å². The zero-order valence-corrected chi connectivity index (χ0v) is 15.6. The normalized spacial score (nSPS) is 21.9. The van der Waals surface area contributed by atoms with Crippen molar-refractivity contribution < 1.29 is 31.0 Å². The predicted octanol–water partition coefficient (Wildman–Crippen LogP) is 3.10. The number of halogens is 3. The Labute approximate surface area is 144 Å². The number of hydrogen-bond donors (Lipinski definition) is 1. The van der Waals surface area contributed by atoms with Gasteiger partial charge in [-0.15, -0.1) is 0 Å². The van der Waals surface area contributed by atoms with Crippen LogP contribution in [-0.4, -0.2) is 38.1 Å². The summed E-state index contributed by atoms with van der Waals surface area (Å²) in [5, 5.41) is 0. The van der Waals surface area contributed by atoms with Gasteiger partial charge in [0.05, 0.1) is 19.6 Å². The molecule has 2 unspecified atom stereocenters. The van der Waals surface area contributed by atoms with Crippen molar-refractivity contribution in [3.63, 3.8) is 0 Å². The Bertz CT molecular complexity index is 411. The molecule has 0 aliphatic carbocycles. The van der Waals surface area contributed by atoms with E-state index in [1.54, 1.807) is 0 Å². The lowest BCUT2D eigenvalue weighted by molar-refractivity contribution is -0.909. The second-order valence-corrected chi connectivity index (χ2v) is 7.94. The van der Waals surface area contributed by atoms with Crippen LogP contribution in [-0.2, 0) is 10.1 Å². The number of unbranched alkanes of at least 4 members (excludes halogenated alkanes) is 4. The van der Waals surface area contributed by atoms with Gasteiger partial charge in [-0.1, -0.05) is 39.5 Å². The first kappa shape index (κ1) is 23.7. The van der Waals surface area contributed by atoms with E-state index in [0.29, 0.717) is 0 Å². The van der Waals surface area contributed by atoms with Gasteiger partial charge in [-0.3, -0.25) is 0 Å². The van der Waals surface area contributed by atoms with Crippen LogP contribution < -0.4 is 4.90 Å². The number of alkyl halides is 3. The summed E-state index contributed by atoms with van der Waals surface area (Å²) in [4.78, 5) is 1.90. The maximum atomic E-state index is 10.7. The molecule has 2 atom stereocenters. The Kier molecular flexibility index (Phi) is 11.9. The molecule has 0 aromatic heterocycles. The van der Waals surface area contributed by atoms with Crippen molar-refractivity contribution in [3.8, 4) is 0 Å². The molecule has 24 heavy (non-hydrogen) atoms. The molecule has 4 nitrogen and oxygen atoms in total. The van der Waals surface area contributed by atoms with Crippen molar-refractivity contribution in [2.75, 3.05) is 19.6 Å². The fraction of sp³-hybridized carbons (Fsp3) is 1.00. The van der Waals surface area contributed by atoms with Crippen LogP contribution in [0.4, 0.5) is 13.2 Å². The molecular weight excluding hydrogens is 343 g/mol. The number of piperidine rings is 1. The highest BCUT2D eigenvalue weighted by molar-refractivity contribution is 7.86. The van der Waals surface area contributed by atoms with Gasteiger partial charge in [-0.05, 0) is 32.1 Å². The van der Waals surface area contributed by atoms with Gasteiger partial charge in [0.1, 0.15) is 0 Å². The summed E-state index contributed by atoms with van der Waals surface area (Å²) in [5.74, 6) is 1.05. The molecule has 0 saturated carbocycles. The largest absolute Gasteiger partial charge is 0.741 e. The van der Waals surface area contributed by atoms with E-state index in [1.807, 2.05) is 4.90 Å². The molecule has 1 rings (SSSR count). The third-order valence-electron chi connectivity index (χ3n) is 4.33. The molecule has 8 heteroatoms. The predicted molar refractivity (Wildman–Crippen MR) is 87.7 cm³/mol. The molecule has 0 bridgehead atoms. The van der Waals surface area contributed by atoms with Crippen LogP contribution in [0.3, 0.4) is 0 Å². The van der Waals surface area contributed by atoms with Gasteiger partial charge in [0.15, 0.2) is 10.1 Å². The first-order valence-corrected chi connectivity index (χ1v) is 10.4. The Hall–Kier alpha value is -0.340. The Balaban J connectivity index is 0.000000561. The van der Waals surface area contributed by atoms with Crippen molar-refractivity contribution >= 4 is 10.1 Å². The lowest BCUT2D eigenvalue weighted by Gasteiger charge is -2.29. The molecule has 1 fully saturated rings. The minimum Gasteiger partial charge on any atom is -0.741 e. The maximum Gasteiger partial charge on any atom is 0.485 e. The van der Waals surface area contributed by atoms with Gasteiger partial charge < -0.3 is 9.45 Å². The smallest absolute Gasteiger partial charge is 0.485 e. The minimum absolute atomic E-state index is 1.05. The second kappa shape index (κ2) is 12.1. The molecule has 146 valence electrons. The van der Waals surface area contributed by atoms with Gasteiger partial charge in [0.25, 0.3) is 0 Å². The zero-order valence-electron chi connectivity index (χ0n) is 14.8. The zero-order chi connectivity index (χ0) is 18.6. The topological polar surface area (TPSA) is 61.6 Å².